The van der Waals surface area contributed by atoms with Gasteiger partial charge in [-0.3, -0.25) is 4.79 Å². The van der Waals surface area contributed by atoms with Crippen LogP contribution in [0.4, 0.5) is 0 Å². The van der Waals surface area contributed by atoms with Gasteiger partial charge in [0.05, 0.1) is 5.56 Å². The molecule has 0 bridgehead atoms. The van der Waals surface area contributed by atoms with Gasteiger partial charge in [-0.2, -0.15) is 0 Å². The van der Waals surface area contributed by atoms with E-state index >= 15 is 0 Å². The number of fused-ring (bicyclic) bond motifs is 1. The van der Waals surface area contributed by atoms with E-state index in [-0.39, 0.29) is 11.6 Å². The maximum atomic E-state index is 11.7. The van der Waals surface area contributed by atoms with Gasteiger partial charge in [-0.15, -0.1) is 4.98 Å². The Morgan fingerprint density at radius 2 is 2.22 bits per heavy atom. The van der Waals surface area contributed by atoms with E-state index in [1.807, 2.05) is 0 Å². The first-order valence-corrected chi connectivity index (χ1v) is 6.06. The molecule has 1 heterocycles. The van der Waals surface area contributed by atoms with Crippen molar-refractivity contribution < 1.29 is 9.15 Å². The van der Waals surface area contributed by atoms with Gasteiger partial charge in [0, 0.05) is 11.4 Å². The van der Waals surface area contributed by atoms with E-state index in [0.717, 1.165) is 19.3 Å². The number of ether oxygens (including phenoxy) is 1. The fraction of sp³-hybridized carbons (Fsp3) is 0.231. The van der Waals surface area contributed by atoms with Crippen molar-refractivity contribution in [1.82, 2.24) is 4.98 Å². The summed E-state index contributed by atoms with van der Waals surface area (Å²) in [5.41, 5.74) is 0.416. The molecule has 92 valence electrons. The van der Waals surface area contributed by atoms with E-state index < -0.39 is 0 Å². The number of benzene rings is 1. The van der Waals surface area contributed by atoms with Gasteiger partial charge < -0.3 is 9.15 Å². The first-order chi connectivity index (χ1) is 8.72. The largest absolute Gasteiger partial charge is 0.415 e. The Bertz CT molecular complexity index is 651. The maximum Gasteiger partial charge on any atom is 0.402 e. The molecule has 0 fully saturated rings. The third kappa shape index (κ3) is 2.11. The highest BCUT2D eigenvalue weighted by Gasteiger charge is 2.19. The molecule has 0 N–H and O–H groups in total. The SMILES string of the molecule is O=c1nc(Oc2cccc(Cl)c2)oc2c1CCC2. The van der Waals surface area contributed by atoms with Gasteiger partial charge in [-0.1, -0.05) is 17.7 Å². The van der Waals surface area contributed by atoms with Crippen LogP contribution in [0.25, 0.3) is 0 Å². The second-order valence-electron chi connectivity index (χ2n) is 4.10. The highest BCUT2D eigenvalue weighted by molar-refractivity contribution is 6.30. The first kappa shape index (κ1) is 11.3. The summed E-state index contributed by atoms with van der Waals surface area (Å²) in [5.74, 6) is 1.18. The molecule has 0 unspecified atom stereocenters. The molecule has 0 atom stereocenters. The minimum atomic E-state index is -0.259. The topological polar surface area (TPSA) is 52.3 Å². The third-order valence-electron chi connectivity index (χ3n) is 2.83. The summed E-state index contributed by atoms with van der Waals surface area (Å²) >= 11 is 5.84. The molecular weight excluding hydrogens is 254 g/mol. The van der Waals surface area contributed by atoms with Gasteiger partial charge >= 0.3 is 6.08 Å². The maximum absolute atomic E-state index is 11.7. The van der Waals surface area contributed by atoms with Gasteiger partial charge in [0.2, 0.25) is 0 Å². The van der Waals surface area contributed by atoms with Crippen LogP contribution in [0.3, 0.4) is 0 Å². The molecule has 0 saturated carbocycles. The zero-order valence-electron chi connectivity index (χ0n) is 9.48. The van der Waals surface area contributed by atoms with Gasteiger partial charge in [0.15, 0.2) is 0 Å². The summed E-state index contributed by atoms with van der Waals surface area (Å²) in [6.07, 6.45) is 2.40. The van der Waals surface area contributed by atoms with Crippen molar-refractivity contribution in [2.75, 3.05) is 0 Å². The van der Waals surface area contributed by atoms with Crippen molar-refractivity contribution in [2.45, 2.75) is 19.3 Å². The molecule has 3 rings (SSSR count). The molecule has 0 amide bonds. The van der Waals surface area contributed by atoms with E-state index in [2.05, 4.69) is 4.98 Å². The number of hydrogen-bond donors (Lipinski definition) is 0. The number of aromatic nitrogens is 1. The third-order valence-corrected chi connectivity index (χ3v) is 3.07. The molecule has 0 saturated heterocycles. The molecule has 2 aromatic rings. The van der Waals surface area contributed by atoms with Crippen molar-refractivity contribution in [2.24, 2.45) is 0 Å². The molecule has 1 aliphatic rings. The van der Waals surface area contributed by atoms with Crippen molar-refractivity contribution in [1.29, 1.82) is 0 Å². The van der Waals surface area contributed by atoms with Crippen molar-refractivity contribution in [3.63, 3.8) is 0 Å². The van der Waals surface area contributed by atoms with E-state index in [1.54, 1.807) is 24.3 Å². The lowest BCUT2D eigenvalue weighted by Crippen LogP contribution is -2.12. The van der Waals surface area contributed by atoms with Crippen LogP contribution < -0.4 is 10.3 Å². The van der Waals surface area contributed by atoms with Crippen LogP contribution in [0.2, 0.25) is 5.02 Å². The summed E-state index contributed by atoms with van der Waals surface area (Å²) in [5, 5.41) is 0.552. The molecular formula is C13H10ClNO3. The molecule has 0 spiro atoms. The molecule has 18 heavy (non-hydrogen) atoms. The minimum absolute atomic E-state index is 0.0251. The Kier molecular flexibility index (Phi) is 2.80. The van der Waals surface area contributed by atoms with Crippen molar-refractivity contribution >= 4 is 11.6 Å². The first-order valence-electron chi connectivity index (χ1n) is 5.69. The summed E-state index contributed by atoms with van der Waals surface area (Å²) in [6.45, 7) is 0. The molecule has 1 aliphatic carbocycles. The lowest BCUT2D eigenvalue weighted by atomic mass is 10.3. The second kappa shape index (κ2) is 4.46. The van der Waals surface area contributed by atoms with E-state index in [4.69, 9.17) is 20.8 Å². The fourth-order valence-electron chi connectivity index (χ4n) is 2.01. The quantitative estimate of drug-likeness (QED) is 0.836. The summed E-state index contributed by atoms with van der Waals surface area (Å²) in [6, 6.07) is 6.85. The van der Waals surface area contributed by atoms with Crippen molar-refractivity contribution in [3.05, 3.63) is 51.0 Å². The Morgan fingerprint density at radius 1 is 1.33 bits per heavy atom. The summed E-state index contributed by atoms with van der Waals surface area (Å²) in [7, 11) is 0. The highest BCUT2D eigenvalue weighted by atomic mass is 35.5. The average molecular weight is 264 g/mol. The van der Waals surface area contributed by atoms with E-state index in [1.165, 1.54) is 0 Å². The Balaban J connectivity index is 1.94. The molecule has 0 aliphatic heterocycles. The predicted molar refractivity (Wildman–Crippen MR) is 66.3 cm³/mol. The van der Waals surface area contributed by atoms with Gasteiger partial charge in [-0.05, 0) is 31.0 Å². The standard InChI is InChI=1S/C13H10ClNO3/c14-8-3-1-4-9(7-8)17-13-15-12(16)10-5-2-6-11(10)18-13/h1,3-4,7H,2,5-6H2. The molecule has 1 aromatic heterocycles. The second-order valence-corrected chi connectivity index (χ2v) is 4.54. The normalized spacial score (nSPS) is 13.4. The number of halogens is 1. The van der Waals surface area contributed by atoms with Crippen LogP contribution in [0, 0.1) is 0 Å². The summed E-state index contributed by atoms with van der Waals surface area (Å²) in [4.78, 5) is 15.5. The molecule has 4 nitrogen and oxygen atoms in total. The smallest absolute Gasteiger partial charge is 0.402 e. The van der Waals surface area contributed by atoms with Crippen LogP contribution >= 0.6 is 11.6 Å². The van der Waals surface area contributed by atoms with Crippen molar-refractivity contribution in [3.8, 4) is 11.8 Å². The van der Waals surface area contributed by atoms with Crippen LogP contribution in [0.15, 0.2) is 33.5 Å². The average Bonchev–Trinajstić information content (AvgIpc) is 2.77. The number of rotatable bonds is 2. The van der Waals surface area contributed by atoms with Crippen LogP contribution in [-0.4, -0.2) is 4.98 Å². The lowest BCUT2D eigenvalue weighted by molar-refractivity contribution is 0.299. The zero-order chi connectivity index (χ0) is 12.5. The van der Waals surface area contributed by atoms with Gasteiger partial charge in [0.1, 0.15) is 11.5 Å². The summed E-state index contributed by atoms with van der Waals surface area (Å²) < 4.78 is 10.9. The van der Waals surface area contributed by atoms with E-state index in [9.17, 15) is 4.79 Å². The Hall–Kier alpha value is -1.81. The zero-order valence-corrected chi connectivity index (χ0v) is 10.2. The molecule has 1 aromatic carbocycles. The number of aryl methyl sites for hydroxylation is 1. The fourth-order valence-corrected chi connectivity index (χ4v) is 2.19. The molecule has 5 heteroatoms. The van der Waals surface area contributed by atoms with E-state index in [0.29, 0.717) is 22.1 Å². The van der Waals surface area contributed by atoms with Gasteiger partial charge in [-0.25, -0.2) is 0 Å². The number of hydrogen-bond acceptors (Lipinski definition) is 4. The molecule has 0 radical (unpaired) electrons. The van der Waals surface area contributed by atoms with Gasteiger partial charge in [0.25, 0.3) is 5.56 Å². The van der Waals surface area contributed by atoms with Crippen LogP contribution in [0.1, 0.15) is 17.7 Å². The minimum Gasteiger partial charge on any atom is -0.415 e. The lowest BCUT2D eigenvalue weighted by Gasteiger charge is -2.04. The Labute approximate surface area is 108 Å². The highest BCUT2D eigenvalue weighted by Crippen LogP contribution is 2.25. The van der Waals surface area contributed by atoms with Crippen LogP contribution in [0.5, 0.6) is 11.8 Å². The monoisotopic (exact) mass is 263 g/mol. The Morgan fingerprint density at radius 3 is 3.06 bits per heavy atom. The number of nitrogens with zero attached hydrogens (tertiary/aromatic N) is 1. The van der Waals surface area contributed by atoms with Crippen LogP contribution in [-0.2, 0) is 12.8 Å². The predicted octanol–water partition coefficient (Wildman–Crippen LogP) is 2.97.